The first-order valence-corrected chi connectivity index (χ1v) is 8.50. The molecule has 5 nitrogen and oxygen atoms in total. The molecule has 6 heteroatoms. The number of nitrogens with zero attached hydrogens (tertiary/aromatic N) is 1. The molecule has 1 saturated carbocycles. The molecule has 1 heterocycles. The van der Waals surface area contributed by atoms with Crippen LogP contribution in [0.15, 0.2) is 9.95 Å². The van der Waals surface area contributed by atoms with Gasteiger partial charge in [-0.25, -0.2) is 4.98 Å². The topological polar surface area (TPSA) is 72.0 Å². The largest absolute Gasteiger partial charge is 0.462 e. The van der Waals surface area contributed by atoms with Gasteiger partial charge in [0.25, 0.3) is 5.56 Å². The van der Waals surface area contributed by atoms with Gasteiger partial charge in [0, 0.05) is 5.56 Å². The minimum Gasteiger partial charge on any atom is -0.462 e. The summed E-state index contributed by atoms with van der Waals surface area (Å²) in [4.78, 5) is 30.7. The maximum absolute atomic E-state index is 11.8. The highest BCUT2D eigenvalue weighted by atomic mass is 32.2. The maximum atomic E-state index is 11.8. The smallest absolute Gasteiger partial charge is 0.316 e. The van der Waals surface area contributed by atoms with Crippen LogP contribution in [-0.2, 0) is 16.0 Å². The highest BCUT2D eigenvalue weighted by Crippen LogP contribution is 2.21. The molecule has 1 N–H and O–H groups in total. The van der Waals surface area contributed by atoms with Crippen LogP contribution in [0.1, 0.15) is 50.3 Å². The van der Waals surface area contributed by atoms with Crippen molar-refractivity contribution in [3.05, 3.63) is 21.6 Å². The number of carbonyl (C=O) groups excluding carboxylic acids is 1. The van der Waals surface area contributed by atoms with Gasteiger partial charge in [0.2, 0.25) is 0 Å². The number of H-pyrrole nitrogens is 1. The number of nitrogens with one attached hydrogen (secondary N) is 1. The number of ether oxygens (including phenoxy) is 1. The van der Waals surface area contributed by atoms with Gasteiger partial charge < -0.3 is 9.72 Å². The lowest BCUT2D eigenvalue weighted by molar-refractivity contribution is -0.147. The van der Waals surface area contributed by atoms with E-state index >= 15 is 0 Å². The van der Waals surface area contributed by atoms with E-state index in [2.05, 4.69) is 9.97 Å². The molecule has 0 atom stereocenters. The normalized spacial score (nSPS) is 15.9. The van der Waals surface area contributed by atoms with E-state index in [0.717, 1.165) is 31.4 Å². The number of aromatic amines is 1. The monoisotopic (exact) mass is 310 g/mol. The summed E-state index contributed by atoms with van der Waals surface area (Å²) < 4.78 is 5.44. The Labute approximate surface area is 128 Å². The van der Waals surface area contributed by atoms with E-state index < -0.39 is 0 Å². The summed E-state index contributed by atoms with van der Waals surface area (Å²) in [5.41, 5.74) is 1.29. The van der Waals surface area contributed by atoms with Crippen LogP contribution in [0.4, 0.5) is 0 Å². The van der Waals surface area contributed by atoms with Crippen LogP contribution >= 0.6 is 11.8 Å². The predicted octanol–water partition coefficient (Wildman–Crippen LogP) is 2.61. The Morgan fingerprint density at radius 1 is 1.38 bits per heavy atom. The van der Waals surface area contributed by atoms with E-state index in [9.17, 15) is 9.59 Å². The van der Waals surface area contributed by atoms with Gasteiger partial charge in [-0.1, -0.05) is 25.1 Å². The molecule has 0 unspecified atom stereocenters. The number of hydrogen-bond donors (Lipinski definition) is 1. The summed E-state index contributed by atoms with van der Waals surface area (Å²) in [6.07, 6.45) is 6.22. The van der Waals surface area contributed by atoms with Crippen LogP contribution in [0.25, 0.3) is 0 Å². The molecule has 0 radical (unpaired) electrons. The van der Waals surface area contributed by atoms with Crippen LogP contribution in [0.2, 0.25) is 0 Å². The highest BCUT2D eigenvalue weighted by Gasteiger charge is 2.18. The van der Waals surface area contributed by atoms with Crippen molar-refractivity contribution in [3.63, 3.8) is 0 Å². The second-order valence-electron chi connectivity index (χ2n) is 5.33. The first kappa shape index (κ1) is 16.1. The Morgan fingerprint density at radius 3 is 2.76 bits per heavy atom. The average molecular weight is 310 g/mol. The van der Waals surface area contributed by atoms with Crippen LogP contribution in [0.3, 0.4) is 0 Å². The van der Waals surface area contributed by atoms with E-state index in [-0.39, 0.29) is 23.4 Å². The van der Waals surface area contributed by atoms with Crippen molar-refractivity contribution >= 4 is 17.7 Å². The van der Waals surface area contributed by atoms with Crippen molar-refractivity contribution in [2.75, 3.05) is 5.75 Å². The maximum Gasteiger partial charge on any atom is 0.316 e. The number of aromatic nitrogens is 2. The minimum atomic E-state index is -0.229. The predicted molar refractivity (Wildman–Crippen MR) is 82.7 cm³/mol. The SMILES string of the molecule is CCc1nc(SCC(=O)OC2CCCCC2)[nH]c(=O)c1C. The lowest BCUT2D eigenvalue weighted by atomic mass is 9.98. The summed E-state index contributed by atoms with van der Waals surface area (Å²) >= 11 is 1.23. The summed E-state index contributed by atoms with van der Waals surface area (Å²) in [5, 5.41) is 0.489. The van der Waals surface area contributed by atoms with Crippen molar-refractivity contribution in [1.82, 2.24) is 9.97 Å². The van der Waals surface area contributed by atoms with Gasteiger partial charge in [-0.15, -0.1) is 0 Å². The third-order valence-corrected chi connectivity index (χ3v) is 4.59. The molecular formula is C15H22N2O3S. The Morgan fingerprint density at radius 2 is 2.10 bits per heavy atom. The van der Waals surface area contributed by atoms with Gasteiger partial charge in [0.1, 0.15) is 6.10 Å². The first-order valence-electron chi connectivity index (χ1n) is 7.52. The lowest BCUT2D eigenvalue weighted by Crippen LogP contribution is -2.22. The van der Waals surface area contributed by atoms with Crippen molar-refractivity contribution in [1.29, 1.82) is 0 Å². The molecule has 1 fully saturated rings. The van der Waals surface area contributed by atoms with Gasteiger partial charge in [0.15, 0.2) is 5.16 Å². The second-order valence-corrected chi connectivity index (χ2v) is 6.30. The fourth-order valence-electron chi connectivity index (χ4n) is 2.50. The standard InChI is InChI=1S/C15H22N2O3S/c1-3-12-10(2)14(19)17-15(16-12)21-9-13(18)20-11-7-5-4-6-8-11/h11H,3-9H2,1-2H3,(H,16,17,19). The Balaban J connectivity index is 1.88. The quantitative estimate of drug-likeness (QED) is 0.514. The molecule has 1 aromatic heterocycles. The van der Waals surface area contributed by atoms with E-state index in [4.69, 9.17) is 4.74 Å². The molecule has 1 aliphatic carbocycles. The first-order chi connectivity index (χ1) is 10.1. The highest BCUT2D eigenvalue weighted by molar-refractivity contribution is 7.99. The summed E-state index contributed by atoms with van der Waals surface area (Å²) in [6, 6.07) is 0. The van der Waals surface area contributed by atoms with E-state index in [1.54, 1.807) is 6.92 Å². The number of hydrogen-bond acceptors (Lipinski definition) is 5. The number of esters is 1. The van der Waals surface area contributed by atoms with Crippen molar-refractivity contribution < 1.29 is 9.53 Å². The van der Waals surface area contributed by atoms with Crippen LogP contribution in [0.5, 0.6) is 0 Å². The van der Waals surface area contributed by atoms with Gasteiger partial charge >= 0.3 is 5.97 Å². The van der Waals surface area contributed by atoms with Crippen LogP contribution < -0.4 is 5.56 Å². The number of rotatable bonds is 5. The van der Waals surface area contributed by atoms with Crippen LogP contribution in [-0.4, -0.2) is 27.8 Å². The number of carbonyl (C=O) groups is 1. The zero-order chi connectivity index (χ0) is 15.2. The van der Waals surface area contributed by atoms with Crippen LogP contribution in [0, 0.1) is 6.92 Å². The van der Waals surface area contributed by atoms with Gasteiger partial charge in [-0.2, -0.15) is 0 Å². The lowest BCUT2D eigenvalue weighted by Gasteiger charge is -2.21. The molecule has 0 aromatic carbocycles. The summed E-state index contributed by atoms with van der Waals surface area (Å²) in [5.74, 6) is -0.0424. The van der Waals surface area contributed by atoms with Crippen molar-refractivity contribution in [3.8, 4) is 0 Å². The Hall–Kier alpha value is -1.30. The Kier molecular flexibility index (Phi) is 5.85. The molecule has 21 heavy (non-hydrogen) atoms. The van der Waals surface area contributed by atoms with E-state index in [1.165, 1.54) is 18.2 Å². The molecule has 0 amide bonds. The molecule has 0 bridgehead atoms. The van der Waals surface area contributed by atoms with E-state index in [0.29, 0.717) is 17.1 Å². The van der Waals surface area contributed by atoms with Crippen molar-refractivity contribution in [2.45, 2.75) is 63.6 Å². The molecular weight excluding hydrogens is 288 g/mol. The Bertz CT molecular complexity index is 550. The zero-order valence-electron chi connectivity index (χ0n) is 12.6. The number of aryl methyl sites for hydroxylation is 1. The third-order valence-electron chi connectivity index (χ3n) is 3.74. The van der Waals surface area contributed by atoms with Gasteiger partial charge in [0.05, 0.1) is 11.4 Å². The minimum absolute atomic E-state index is 0.0723. The molecule has 116 valence electrons. The molecule has 1 aliphatic rings. The average Bonchev–Trinajstić information content (AvgIpc) is 2.49. The molecule has 0 aliphatic heterocycles. The zero-order valence-corrected chi connectivity index (χ0v) is 13.4. The fourth-order valence-corrected chi connectivity index (χ4v) is 3.16. The van der Waals surface area contributed by atoms with Crippen molar-refractivity contribution in [2.24, 2.45) is 0 Å². The number of thioether (sulfide) groups is 1. The van der Waals surface area contributed by atoms with E-state index in [1.807, 2.05) is 6.92 Å². The third kappa shape index (κ3) is 4.59. The molecule has 0 saturated heterocycles. The molecule has 0 spiro atoms. The van der Waals surface area contributed by atoms with Gasteiger partial charge in [-0.05, 0) is 39.0 Å². The molecule has 1 aromatic rings. The summed E-state index contributed by atoms with van der Waals surface area (Å²) in [7, 11) is 0. The summed E-state index contributed by atoms with van der Waals surface area (Å²) in [6.45, 7) is 3.72. The fraction of sp³-hybridized carbons (Fsp3) is 0.667. The van der Waals surface area contributed by atoms with Gasteiger partial charge in [-0.3, -0.25) is 9.59 Å². The second kappa shape index (κ2) is 7.64. The molecule has 2 rings (SSSR count).